The van der Waals surface area contributed by atoms with Gasteiger partial charge < -0.3 is 19.7 Å². The third kappa shape index (κ3) is 5.85. The van der Waals surface area contributed by atoms with Crippen molar-refractivity contribution in [2.75, 3.05) is 40.4 Å². The first-order valence-corrected chi connectivity index (χ1v) is 11.6. The van der Waals surface area contributed by atoms with Crippen molar-refractivity contribution in [3.8, 4) is 5.75 Å². The van der Waals surface area contributed by atoms with Crippen molar-refractivity contribution < 1.29 is 27.5 Å². The molecule has 10 heteroatoms. The van der Waals surface area contributed by atoms with Crippen molar-refractivity contribution in [3.63, 3.8) is 0 Å². The van der Waals surface area contributed by atoms with E-state index in [2.05, 4.69) is 12.2 Å². The van der Waals surface area contributed by atoms with E-state index in [-0.39, 0.29) is 30.6 Å². The smallest absolute Gasteiger partial charge is 0.326 e. The Morgan fingerprint density at radius 2 is 1.80 bits per heavy atom. The van der Waals surface area contributed by atoms with E-state index in [1.807, 2.05) is 0 Å². The Labute approximate surface area is 178 Å². The van der Waals surface area contributed by atoms with Crippen molar-refractivity contribution in [1.29, 1.82) is 0 Å². The normalized spacial score (nSPS) is 17.4. The first-order valence-electron chi connectivity index (χ1n) is 10.1. The molecule has 1 aliphatic heterocycles. The molecule has 0 radical (unpaired) electrons. The quantitative estimate of drug-likeness (QED) is 0.463. The highest BCUT2D eigenvalue weighted by Crippen LogP contribution is 2.24. The lowest BCUT2D eigenvalue weighted by molar-refractivity contribution is -0.146. The standard InChI is InChI=1S/C20H31N3O6S/c1-4-5-6-7-12-21-20(25)22-13-14-23(18(15-22)19(24)29-3)30(26,27)17-10-8-16(28-2)9-11-17/h8-11,18H,4-7,12-15H2,1-3H3,(H,21,25). The van der Waals surface area contributed by atoms with Gasteiger partial charge in [0.1, 0.15) is 11.8 Å². The minimum atomic E-state index is -3.95. The van der Waals surface area contributed by atoms with Gasteiger partial charge in [-0.1, -0.05) is 26.2 Å². The lowest BCUT2D eigenvalue weighted by Crippen LogP contribution is -2.60. The number of piperazine rings is 1. The molecule has 0 aromatic heterocycles. The molecule has 0 saturated carbocycles. The van der Waals surface area contributed by atoms with Gasteiger partial charge in [-0.2, -0.15) is 4.31 Å². The van der Waals surface area contributed by atoms with Gasteiger partial charge in [-0.15, -0.1) is 0 Å². The molecule has 2 rings (SSSR count). The fourth-order valence-electron chi connectivity index (χ4n) is 3.31. The number of carbonyl (C=O) groups is 2. The van der Waals surface area contributed by atoms with Gasteiger partial charge in [-0.05, 0) is 30.7 Å². The molecule has 1 fully saturated rings. The largest absolute Gasteiger partial charge is 0.497 e. The van der Waals surface area contributed by atoms with Crippen LogP contribution in [0.4, 0.5) is 4.79 Å². The molecule has 0 aliphatic carbocycles. The second-order valence-electron chi connectivity index (χ2n) is 7.07. The number of hydrogen-bond acceptors (Lipinski definition) is 6. The van der Waals surface area contributed by atoms with Crippen molar-refractivity contribution in [2.24, 2.45) is 0 Å². The molecule has 1 heterocycles. The fraction of sp³-hybridized carbons (Fsp3) is 0.600. The number of unbranched alkanes of at least 4 members (excludes halogenated alkanes) is 3. The Morgan fingerprint density at radius 3 is 2.40 bits per heavy atom. The monoisotopic (exact) mass is 441 g/mol. The van der Waals surface area contributed by atoms with Gasteiger partial charge in [0.25, 0.3) is 0 Å². The number of methoxy groups -OCH3 is 2. The predicted octanol–water partition coefficient (Wildman–Crippen LogP) is 1.83. The van der Waals surface area contributed by atoms with Crippen molar-refractivity contribution >= 4 is 22.0 Å². The van der Waals surface area contributed by atoms with Gasteiger partial charge in [0, 0.05) is 26.2 Å². The van der Waals surface area contributed by atoms with E-state index in [0.717, 1.165) is 30.0 Å². The van der Waals surface area contributed by atoms with Gasteiger partial charge in [0.05, 0.1) is 19.1 Å². The van der Waals surface area contributed by atoms with Crippen LogP contribution in [0.25, 0.3) is 0 Å². The highest BCUT2D eigenvalue weighted by molar-refractivity contribution is 7.89. The maximum atomic E-state index is 13.1. The van der Waals surface area contributed by atoms with Gasteiger partial charge in [-0.25, -0.2) is 13.2 Å². The molecule has 1 aromatic carbocycles. The van der Waals surface area contributed by atoms with Crippen LogP contribution < -0.4 is 10.1 Å². The number of carbonyl (C=O) groups excluding carboxylic acids is 2. The molecule has 168 valence electrons. The summed E-state index contributed by atoms with van der Waals surface area (Å²) in [5, 5.41) is 2.84. The molecule has 1 saturated heterocycles. The van der Waals surface area contributed by atoms with Gasteiger partial charge in [0.15, 0.2) is 0 Å². The summed E-state index contributed by atoms with van der Waals surface area (Å²) < 4.78 is 37.2. The van der Waals surface area contributed by atoms with E-state index in [4.69, 9.17) is 9.47 Å². The maximum Gasteiger partial charge on any atom is 0.326 e. The van der Waals surface area contributed by atoms with Crippen LogP contribution in [0.15, 0.2) is 29.2 Å². The number of nitrogens with zero attached hydrogens (tertiary/aromatic N) is 2. The summed E-state index contributed by atoms with van der Waals surface area (Å²) in [6.45, 7) is 2.78. The maximum absolute atomic E-state index is 13.1. The second kappa shape index (κ2) is 11.2. The number of benzene rings is 1. The van der Waals surface area contributed by atoms with Crippen LogP contribution in [0.2, 0.25) is 0 Å². The molecule has 30 heavy (non-hydrogen) atoms. The SMILES string of the molecule is CCCCCCNC(=O)N1CCN(S(=O)(=O)c2ccc(OC)cc2)C(C(=O)OC)C1. The summed E-state index contributed by atoms with van der Waals surface area (Å²) in [5.74, 6) is -0.175. The summed E-state index contributed by atoms with van der Waals surface area (Å²) in [5.41, 5.74) is 0. The highest BCUT2D eigenvalue weighted by Gasteiger charge is 2.42. The summed E-state index contributed by atoms with van der Waals surface area (Å²) in [7, 11) is -1.26. The molecular formula is C20H31N3O6S. The van der Waals surface area contributed by atoms with E-state index in [9.17, 15) is 18.0 Å². The number of nitrogens with one attached hydrogen (secondary N) is 1. The fourth-order valence-corrected chi connectivity index (χ4v) is 4.87. The first kappa shape index (κ1) is 23.9. The van der Waals surface area contributed by atoms with Crippen LogP contribution in [-0.4, -0.2) is 76.1 Å². The Hall–Kier alpha value is -2.33. The molecule has 1 atom stereocenters. The molecule has 1 aromatic rings. The third-order valence-corrected chi connectivity index (χ3v) is 6.99. The van der Waals surface area contributed by atoms with E-state index >= 15 is 0 Å². The first-order chi connectivity index (χ1) is 14.3. The molecule has 0 spiro atoms. The average Bonchev–Trinajstić information content (AvgIpc) is 2.77. The molecular weight excluding hydrogens is 410 g/mol. The van der Waals surface area contributed by atoms with Crippen LogP contribution in [-0.2, 0) is 19.6 Å². The van der Waals surface area contributed by atoms with Crippen molar-refractivity contribution in [3.05, 3.63) is 24.3 Å². The molecule has 0 bridgehead atoms. The van der Waals surface area contributed by atoms with E-state index in [1.54, 1.807) is 12.1 Å². The second-order valence-corrected chi connectivity index (χ2v) is 8.96. The van der Waals surface area contributed by atoms with E-state index < -0.39 is 22.0 Å². The Morgan fingerprint density at radius 1 is 1.10 bits per heavy atom. The minimum absolute atomic E-state index is 0.00260. The van der Waals surface area contributed by atoms with E-state index in [1.165, 1.54) is 31.3 Å². The molecule has 2 amide bonds. The molecule has 1 N–H and O–H groups in total. The number of rotatable bonds is 9. The zero-order valence-electron chi connectivity index (χ0n) is 17.8. The highest BCUT2D eigenvalue weighted by atomic mass is 32.2. The Bertz CT molecular complexity index is 812. The Kier molecular flexibility index (Phi) is 8.91. The average molecular weight is 442 g/mol. The topological polar surface area (TPSA) is 105 Å². The Balaban J connectivity index is 2.10. The summed E-state index contributed by atoms with van der Waals surface area (Å²) >= 11 is 0. The van der Waals surface area contributed by atoms with Crippen LogP contribution >= 0.6 is 0 Å². The van der Waals surface area contributed by atoms with Gasteiger partial charge >= 0.3 is 12.0 Å². The summed E-state index contributed by atoms with van der Waals surface area (Å²) in [4.78, 5) is 26.3. The summed E-state index contributed by atoms with van der Waals surface area (Å²) in [6, 6.07) is 4.53. The summed E-state index contributed by atoms with van der Waals surface area (Å²) in [6.07, 6.45) is 4.14. The molecule has 1 aliphatic rings. The zero-order chi connectivity index (χ0) is 22.1. The number of ether oxygens (including phenoxy) is 2. The predicted molar refractivity (Wildman–Crippen MR) is 112 cm³/mol. The number of sulfonamides is 1. The van der Waals surface area contributed by atoms with Crippen LogP contribution in [0.1, 0.15) is 32.6 Å². The van der Waals surface area contributed by atoms with Crippen molar-refractivity contribution in [1.82, 2.24) is 14.5 Å². The number of hydrogen-bond donors (Lipinski definition) is 1. The third-order valence-electron chi connectivity index (χ3n) is 5.06. The number of esters is 1. The number of amides is 2. The molecule has 9 nitrogen and oxygen atoms in total. The van der Waals surface area contributed by atoms with Crippen molar-refractivity contribution in [2.45, 2.75) is 43.5 Å². The zero-order valence-corrected chi connectivity index (χ0v) is 18.6. The van der Waals surface area contributed by atoms with Gasteiger partial charge in [0.2, 0.25) is 10.0 Å². The van der Waals surface area contributed by atoms with Crippen LogP contribution in [0, 0.1) is 0 Å². The van der Waals surface area contributed by atoms with Crippen LogP contribution in [0.3, 0.4) is 0 Å². The van der Waals surface area contributed by atoms with E-state index in [0.29, 0.717) is 12.3 Å². The lowest BCUT2D eigenvalue weighted by Gasteiger charge is -2.38. The lowest BCUT2D eigenvalue weighted by atomic mass is 10.2. The van der Waals surface area contributed by atoms with Gasteiger partial charge in [-0.3, -0.25) is 4.79 Å². The molecule has 1 unspecified atom stereocenters. The number of urea groups is 1. The van der Waals surface area contributed by atoms with Crippen LogP contribution in [0.5, 0.6) is 5.75 Å². The minimum Gasteiger partial charge on any atom is -0.497 e.